The fraction of sp³-hybridized carbons (Fsp3) is 0.385. The molecule has 1 aliphatic rings. The van der Waals surface area contributed by atoms with Crippen molar-refractivity contribution in [3.8, 4) is 5.75 Å². The predicted octanol–water partition coefficient (Wildman–Crippen LogP) is 1.18. The molecule has 0 unspecified atom stereocenters. The van der Waals surface area contributed by atoms with Gasteiger partial charge in [-0.05, 0) is 18.2 Å². The Morgan fingerprint density at radius 1 is 1.42 bits per heavy atom. The number of benzene rings is 1. The van der Waals surface area contributed by atoms with Crippen LogP contribution in [0.4, 0.5) is 0 Å². The summed E-state index contributed by atoms with van der Waals surface area (Å²) in [6, 6.07) is 7.34. The average Bonchev–Trinajstić information content (AvgIpc) is 2.61. The second-order valence-electron chi connectivity index (χ2n) is 4.23. The van der Waals surface area contributed by atoms with Gasteiger partial charge in [-0.2, -0.15) is 0 Å². The van der Waals surface area contributed by atoms with E-state index in [-0.39, 0.29) is 18.4 Å². The number of halogens is 1. The summed E-state index contributed by atoms with van der Waals surface area (Å²) in [6.45, 7) is 1.48. The van der Waals surface area contributed by atoms with Crippen LogP contribution >= 0.6 is 15.9 Å². The third-order valence-corrected chi connectivity index (χ3v) is 3.32. The zero-order chi connectivity index (χ0) is 13.7. The molecule has 0 atom stereocenters. The van der Waals surface area contributed by atoms with E-state index in [4.69, 9.17) is 4.74 Å². The first-order valence-corrected chi connectivity index (χ1v) is 6.87. The van der Waals surface area contributed by atoms with Crippen LogP contribution in [0.2, 0.25) is 0 Å². The van der Waals surface area contributed by atoms with Gasteiger partial charge in [0.05, 0.1) is 0 Å². The van der Waals surface area contributed by atoms with Crippen molar-refractivity contribution in [1.29, 1.82) is 0 Å². The van der Waals surface area contributed by atoms with Crippen molar-refractivity contribution in [1.82, 2.24) is 10.2 Å². The van der Waals surface area contributed by atoms with Crippen LogP contribution in [0.3, 0.4) is 0 Å². The molecule has 1 fully saturated rings. The van der Waals surface area contributed by atoms with Crippen LogP contribution in [-0.4, -0.2) is 43.0 Å². The first kappa shape index (κ1) is 13.9. The highest BCUT2D eigenvalue weighted by Gasteiger charge is 2.18. The van der Waals surface area contributed by atoms with Crippen LogP contribution in [0.15, 0.2) is 28.7 Å². The Kier molecular flexibility index (Phi) is 4.79. The van der Waals surface area contributed by atoms with Gasteiger partial charge < -0.3 is 15.0 Å². The van der Waals surface area contributed by atoms with Gasteiger partial charge in [-0.15, -0.1) is 0 Å². The van der Waals surface area contributed by atoms with Gasteiger partial charge in [-0.1, -0.05) is 22.0 Å². The highest BCUT2D eigenvalue weighted by Crippen LogP contribution is 2.17. The summed E-state index contributed by atoms with van der Waals surface area (Å²) in [5, 5.41) is 2.73. The van der Waals surface area contributed by atoms with Crippen LogP contribution in [0, 0.1) is 0 Å². The molecule has 102 valence electrons. The van der Waals surface area contributed by atoms with Crippen molar-refractivity contribution in [3.63, 3.8) is 0 Å². The number of hydrogen-bond acceptors (Lipinski definition) is 3. The Morgan fingerprint density at radius 3 is 3.05 bits per heavy atom. The molecule has 0 bridgehead atoms. The van der Waals surface area contributed by atoms with E-state index in [9.17, 15) is 9.59 Å². The Morgan fingerprint density at radius 2 is 2.26 bits per heavy atom. The van der Waals surface area contributed by atoms with Gasteiger partial charge in [0, 0.05) is 30.5 Å². The minimum Gasteiger partial charge on any atom is -0.484 e. The molecule has 1 aliphatic heterocycles. The number of hydrogen-bond donors (Lipinski definition) is 1. The monoisotopic (exact) mass is 326 g/mol. The Labute approximate surface area is 120 Å². The molecule has 1 saturated heterocycles. The van der Waals surface area contributed by atoms with Gasteiger partial charge in [0.2, 0.25) is 5.91 Å². The van der Waals surface area contributed by atoms with E-state index >= 15 is 0 Å². The van der Waals surface area contributed by atoms with Crippen LogP contribution < -0.4 is 10.1 Å². The average molecular weight is 327 g/mol. The smallest absolute Gasteiger partial charge is 0.260 e. The maximum atomic E-state index is 12.0. The number of carbonyl (C=O) groups excluding carboxylic acids is 2. The van der Waals surface area contributed by atoms with Gasteiger partial charge >= 0.3 is 0 Å². The van der Waals surface area contributed by atoms with Crippen LogP contribution in [-0.2, 0) is 9.59 Å². The molecular weight excluding hydrogens is 312 g/mol. The molecule has 0 aromatic heterocycles. The Bertz CT molecular complexity index is 479. The molecule has 1 aromatic rings. The third kappa shape index (κ3) is 4.24. The van der Waals surface area contributed by atoms with Crippen molar-refractivity contribution >= 4 is 27.7 Å². The molecule has 1 N–H and O–H groups in total. The second kappa shape index (κ2) is 6.56. The van der Waals surface area contributed by atoms with Gasteiger partial charge in [-0.25, -0.2) is 0 Å². The second-order valence-corrected chi connectivity index (χ2v) is 5.14. The maximum Gasteiger partial charge on any atom is 0.260 e. The molecule has 5 nitrogen and oxygen atoms in total. The SMILES string of the molecule is O=C1CCN(C(=O)COc2cccc(Br)c2)CCN1. The lowest BCUT2D eigenvalue weighted by Gasteiger charge is -2.19. The molecular formula is C13H15BrN2O3. The lowest BCUT2D eigenvalue weighted by atomic mass is 10.3. The Hall–Kier alpha value is -1.56. The number of rotatable bonds is 3. The van der Waals surface area contributed by atoms with E-state index in [0.717, 1.165) is 4.47 Å². The van der Waals surface area contributed by atoms with E-state index in [0.29, 0.717) is 31.8 Å². The summed E-state index contributed by atoms with van der Waals surface area (Å²) in [5.41, 5.74) is 0. The minimum atomic E-state index is -0.100. The van der Waals surface area contributed by atoms with E-state index in [1.807, 2.05) is 12.1 Å². The zero-order valence-corrected chi connectivity index (χ0v) is 12.0. The molecule has 0 radical (unpaired) electrons. The molecule has 1 heterocycles. The molecule has 0 saturated carbocycles. The van der Waals surface area contributed by atoms with Gasteiger partial charge in [-0.3, -0.25) is 9.59 Å². The topological polar surface area (TPSA) is 58.6 Å². The standard InChI is InChI=1S/C13H15BrN2O3/c14-10-2-1-3-11(8-10)19-9-13(18)16-6-4-12(17)15-5-7-16/h1-3,8H,4-7,9H2,(H,15,17). The molecule has 0 spiro atoms. The van der Waals surface area contributed by atoms with Gasteiger partial charge in [0.15, 0.2) is 6.61 Å². The number of amides is 2. The maximum absolute atomic E-state index is 12.0. The Balaban J connectivity index is 1.85. The molecule has 1 aromatic carbocycles. The molecule has 0 aliphatic carbocycles. The van der Waals surface area contributed by atoms with Crippen molar-refractivity contribution in [3.05, 3.63) is 28.7 Å². The molecule has 2 amide bonds. The molecule has 2 rings (SSSR count). The fourth-order valence-electron chi connectivity index (χ4n) is 1.81. The third-order valence-electron chi connectivity index (χ3n) is 2.82. The number of nitrogens with one attached hydrogen (secondary N) is 1. The summed E-state index contributed by atoms with van der Waals surface area (Å²) in [4.78, 5) is 24.8. The van der Waals surface area contributed by atoms with Crippen LogP contribution in [0.5, 0.6) is 5.75 Å². The largest absolute Gasteiger partial charge is 0.484 e. The van der Waals surface area contributed by atoms with E-state index in [1.54, 1.807) is 17.0 Å². The van der Waals surface area contributed by atoms with Crippen LogP contribution in [0.25, 0.3) is 0 Å². The van der Waals surface area contributed by atoms with Gasteiger partial charge in [0.25, 0.3) is 5.91 Å². The number of ether oxygens (including phenoxy) is 1. The van der Waals surface area contributed by atoms with E-state index in [1.165, 1.54) is 0 Å². The zero-order valence-electron chi connectivity index (χ0n) is 10.4. The predicted molar refractivity (Wildman–Crippen MR) is 73.8 cm³/mol. The summed E-state index contributed by atoms with van der Waals surface area (Å²) in [7, 11) is 0. The molecule has 19 heavy (non-hydrogen) atoms. The lowest BCUT2D eigenvalue weighted by Crippen LogP contribution is -2.37. The van der Waals surface area contributed by atoms with Crippen molar-refractivity contribution in [2.24, 2.45) is 0 Å². The quantitative estimate of drug-likeness (QED) is 0.907. The summed E-state index contributed by atoms with van der Waals surface area (Å²) in [5.74, 6) is 0.534. The first-order chi connectivity index (χ1) is 9.15. The first-order valence-electron chi connectivity index (χ1n) is 6.08. The van der Waals surface area contributed by atoms with E-state index in [2.05, 4.69) is 21.2 Å². The van der Waals surface area contributed by atoms with E-state index < -0.39 is 0 Å². The summed E-state index contributed by atoms with van der Waals surface area (Å²) >= 11 is 3.34. The van der Waals surface area contributed by atoms with Crippen molar-refractivity contribution in [2.75, 3.05) is 26.2 Å². The van der Waals surface area contributed by atoms with Crippen LogP contribution in [0.1, 0.15) is 6.42 Å². The number of nitrogens with zero attached hydrogens (tertiary/aromatic N) is 1. The van der Waals surface area contributed by atoms with Crippen molar-refractivity contribution in [2.45, 2.75) is 6.42 Å². The fourth-order valence-corrected chi connectivity index (χ4v) is 2.19. The molecule has 6 heteroatoms. The van der Waals surface area contributed by atoms with Gasteiger partial charge in [0.1, 0.15) is 5.75 Å². The number of carbonyl (C=O) groups is 2. The minimum absolute atomic E-state index is 0.00928. The summed E-state index contributed by atoms with van der Waals surface area (Å²) < 4.78 is 6.35. The van der Waals surface area contributed by atoms with Crippen molar-refractivity contribution < 1.29 is 14.3 Å². The summed E-state index contributed by atoms with van der Waals surface area (Å²) in [6.07, 6.45) is 0.350. The highest BCUT2D eigenvalue weighted by molar-refractivity contribution is 9.10. The lowest BCUT2D eigenvalue weighted by molar-refractivity contribution is -0.133. The normalized spacial score (nSPS) is 15.6. The highest BCUT2D eigenvalue weighted by atomic mass is 79.9.